The molecule has 0 unspecified atom stereocenters. The van der Waals surface area contributed by atoms with Crippen molar-refractivity contribution in [3.8, 4) is 5.75 Å². The Bertz CT molecular complexity index is 520. The first kappa shape index (κ1) is 16.3. The number of halogens is 1. The summed E-state index contributed by atoms with van der Waals surface area (Å²) in [5, 5.41) is 0.645. The molecule has 0 saturated heterocycles. The lowest BCUT2D eigenvalue weighted by Gasteiger charge is -2.30. The molecule has 0 N–H and O–H groups in total. The molecule has 1 aliphatic rings. The van der Waals surface area contributed by atoms with Crippen LogP contribution in [0.5, 0.6) is 5.75 Å². The van der Waals surface area contributed by atoms with Gasteiger partial charge in [0.15, 0.2) is 0 Å². The number of hydrogen-bond donors (Lipinski definition) is 0. The van der Waals surface area contributed by atoms with Crippen LogP contribution < -0.4 is 4.74 Å². The number of ether oxygens (including phenoxy) is 2. The summed E-state index contributed by atoms with van der Waals surface area (Å²) >= 11 is 6.28. The van der Waals surface area contributed by atoms with Crippen molar-refractivity contribution in [2.45, 2.75) is 39.7 Å². The topological polar surface area (TPSA) is 30.8 Å². The molecule has 0 bridgehead atoms. The van der Waals surface area contributed by atoms with Gasteiger partial charge in [-0.25, -0.2) is 0 Å². The van der Waals surface area contributed by atoms with Crippen LogP contribution in [0.25, 0.3) is 0 Å². The van der Waals surface area contributed by atoms with Gasteiger partial charge >= 0.3 is 0 Å². The van der Waals surface area contributed by atoms with E-state index in [9.17, 15) is 0 Å². The molecule has 0 amide bonds. The van der Waals surface area contributed by atoms with Gasteiger partial charge in [0.25, 0.3) is 0 Å². The van der Waals surface area contributed by atoms with Crippen LogP contribution in [0.4, 0.5) is 0 Å². The molecule has 2 rings (SSSR count). The maximum Gasteiger partial charge on any atom is 0.138 e. The number of nitrogens with zero attached hydrogens (tertiary/aromatic N) is 1. The molecule has 0 aromatic heterocycles. The Hall–Kier alpha value is -1.06. The van der Waals surface area contributed by atoms with E-state index in [0.29, 0.717) is 24.3 Å². The molecule has 1 heterocycles. The summed E-state index contributed by atoms with van der Waals surface area (Å²) in [5.74, 6) is 0.759. The highest BCUT2D eigenvalue weighted by Crippen LogP contribution is 2.34. The zero-order valence-corrected chi connectivity index (χ0v) is 14.0. The van der Waals surface area contributed by atoms with Gasteiger partial charge in [-0.15, -0.1) is 0 Å². The van der Waals surface area contributed by atoms with Crippen LogP contribution in [0.1, 0.15) is 38.3 Å². The van der Waals surface area contributed by atoms with Gasteiger partial charge in [0.05, 0.1) is 17.7 Å². The Morgan fingerprint density at radius 1 is 1.29 bits per heavy atom. The van der Waals surface area contributed by atoms with E-state index in [1.165, 1.54) is 5.56 Å². The van der Waals surface area contributed by atoms with E-state index < -0.39 is 0 Å². The summed E-state index contributed by atoms with van der Waals surface area (Å²) < 4.78 is 10.8. The lowest BCUT2D eigenvalue weighted by Crippen LogP contribution is -2.29. The SMILES string of the molecule is COCCCOc1cc2c(cc1Cl)C=N[C@@H](C(C)(C)C)C2. The Kier molecular flexibility index (Phi) is 5.28. The highest BCUT2D eigenvalue weighted by atomic mass is 35.5. The molecule has 1 aliphatic heterocycles. The van der Waals surface area contributed by atoms with Gasteiger partial charge in [0, 0.05) is 26.4 Å². The van der Waals surface area contributed by atoms with Crippen molar-refractivity contribution in [2.75, 3.05) is 20.3 Å². The summed E-state index contributed by atoms with van der Waals surface area (Å²) in [5.41, 5.74) is 2.52. The van der Waals surface area contributed by atoms with Crippen molar-refractivity contribution in [3.63, 3.8) is 0 Å². The molecule has 4 heteroatoms. The molecular weight excluding hydrogens is 286 g/mol. The molecule has 21 heavy (non-hydrogen) atoms. The van der Waals surface area contributed by atoms with Gasteiger partial charge in [0.2, 0.25) is 0 Å². The molecule has 116 valence electrons. The van der Waals surface area contributed by atoms with Gasteiger partial charge in [-0.3, -0.25) is 4.99 Å². The van der Waals surface area contributed by atoms with E-state index >= 15 is 0 Å². The molecule has 1 aromatic rings. The Balaban J connectivity index is 2.12. The van der Waals surface area contributed by atoms with Gasteiger partial charge < -0.3 is 9.47 Å². The monoisotopic (exact) mass is 309 g/mol. The molecule has 0 fully saturated rings. The van der Waals surface area contributed by atoms with Gasteiger partial charge in [0.1, 0.15) is 5.75 Å². The highest BCUT2D eigenvalue weighted by Gasteiger charge is 2.27. The lowest BCUT2D eigenvalue weighted by atomic mass is 9.81. The minimum atomic E-state index is 0.160. The predicted molar refractivity (Wildman–Crippen MR) is 88.0 cm³/mol. The average Bonchev–Trinajstić information content (AvgIpc) is 2.42. The zero-order valence-electron chi connectivity index (χ0n) is 13.3. The van der Waals surface area contributed by atoms with Crippen LogP contribution in [0, 0.1) is 5.41 Å². The normalized spacial score (nSPS) is 17.7. The maximum atomic E-state index is 6.28. The fourth-order valence-electron chi connectivity index (χ4n) is 2.36. The Morgan fingerprint density at radius 3 is 2.71 bits per heavy atom. The number of hydrogen-bond acceptors (Lipinski definition) is 3. The number of methoxy groups -OCH3 is 1. The summed E-state index contributed by atoms with van der Waals surface area (Å²) in [6.07, 6.45) is 3.73. The summed E-state index contributed by atoms with van der Waals surface area (Å²) in [7, 11) is 1.69. The van der Waals surface area contributed by atoms with Crippen LogP contribution in [-0.4, -0.2) is 32.6 Å². The zero-order chi connectivity index (χ0) is 15.5. The van der Waals surface area contributed by atoms with Crippen LogP contribution in [0.2, 0.25) is 5.02 Å². The maximum absolute atomic E-state index is 6.28. The smallest absolute Gasteiger partial charge is 0.138 e. The van der Waals surface area contributed by atoms with Gasteiger partial charge in [-0.05, 0) is 35.1 Å². The van der Waals surface area contributed by atoms with Crippen molar-refractivity contribution in [3.05, 3.63) is 28.3 Å². The third-order valence-electron chi connectivity index (χ3n) is 3.75. The molecular formula is C17H24ClNO2. The van der Waals surface area contributed by atoms with Crippen LogP contribution in [0.3, 0.4) is 0 Å². The van der Waals surface area contributed by atoms with Crippen molar-refractivity contribution in [1.82, 2.24) is 0 Å². The van der Waals surface area contributed by atoms with E-state index in [1.54, 1.807) is 7.11 Å². The second-order valence-corrected chi connectivity index (χ2v) is 6.95. The van der Waals surface area contributed by atoms with Crippen molar-refractivity contribution < 1.29 is 9.47 Å². The first-order chi connectivity index (χ1) is 9.91. The van der Waals surface area contributed by atoms with E-state index in [2.05, 4.69) is 31.8 Å². The highest BCUT2D eigenvalue weighted by molar-refractivity contribution is 6.32. The fourth-order valence-corrected chi connectivity index (χ4v) is 2.59. The molecule has 1 aromatic carbocycles. The number of aliphatic imine (C=N–C) groups is 1. The summed E-state index contributed by atoms with van der Waals surface area (Å²) in [4.78, 5) is 4.66. The standard InChI is InChI=1S/C17H24ClNO2/c1-17(2,3)16-10-12-9-15(21-7-5-6-20-4)14(18)8-13(12)11-19-16/h8-9,11,16H,5-7,10H2,1-4H3/t16-/m1/s1. The van der Waals surface area contributed by atoms with Gasteiger partial charge in [-0.1, -0.05) is 32.4 Å². The van der Waals surface area contributed by atoms with Crippen molar-refractivity contribution >= 4 is 17.8 Å². The van der Waals surface area contributed by atoms with Crippen LogP contribution >= 0.6 is 11.6 Å². The van der Waals surface area contributed by atoms with Crippen LogP contribution in [-0.2, 0) is 11.2 Å². The molecule has 0 radical (unpaired) electrons. The second kappa shape index (κ2) is 6.80. The van der Waals surface area contributed by atoms with Crippen LogP contribution in [0.15, 0.2) is 17.1 Å². The predicted octanol–water partition coefficient (Wildman–Crippen LogP) is 4.15. The minimum Gasteiger partial charge on any atom is -0.492 e. The minimum absolute atomic E-state index is 0.160. The first-order valence-corrected chi connectivity index (χ1v) is 7.77. The quantitative estimate of drug-likeness (QED) is 0.765. The largest absolute Gasteiger partial charge is 0.492 e. The van der Waals surface area contributed by atoms with Crippen molar-refractivity contribution in [2.24, 2.45) is 10.4 Å². The second-order valence-electron chi connectivity index (χ2n) is 6.54. The third kappa shape index (κ3) is 4.21. The van der Waals surface area contributed by atoms with E-state index in [-0.39, 0.29) is 5.41 Å². The lowest BCUT2D eigenvalue weighted by molar-refractivity contribution is 0.172. The van der Waals surface area contributed by atoms with Gasteiger partial charge in [-0.2, -0.15) is 0 Å². The molecule has 0 aliphatic carbocycles. The van der Waals surface area contributed by atoms with E-state index in [1.807, 2.05) is 12.3 Å². The molecule has 0 spiro atoms. The molecule has 1 atom stereocenters. The number of rotatable bonds is 5. The first-order valence-electron chi connectivity index (χ1n) is 7.39. The summed E-state index contributed by atoms with van der Waals surface area (Å²) in [6.45, 7) is 7.97. The molecule has 0 saturated carbocycles. The average molecular weight is 310 g/mol. The number of benzene rings is 1. The Labute approximate surface area is 132 Å². The number of fused-ring (bicyclic) bond motifs is 1. The third-order valence-corrected chi connectivity index (χ3v) is 4.05. The van der Waals surface area contributed by atoms with Crippen molar-refractivity contribution in [1.29, 1.82) is 0 Å². The van der Waals surface area contributed by atoms with E-state index in [0.717, 1.165) is 24.2 Å². The summed E-state index contributed by atoms with van der Waals surface area (Å²) in [6, 6.07) is 4.31. The molecule has 3 nitrogen and oxygen atoms in total. The Morgan fingerprint density at radius 2 is 2.05 bits per heavy atom. The van der Waals surface area contributed by atoms with E-state index in [4.69, 9.17) is 21.1 Å². The fraction of sp³-hybridized carbons (Fsp3) is 0.588.